The molecule has 0 saturated heterocycles. The van der Waals surface area contributed by atoms with Crippen LogP contribution in [0.1, 0.15) is 74.9 Å². The Kier molecular flexibility index (Phi) is 13.8. The first-order valence-corrected chi connectivity index (χ1v) is 20.5. The molecule has 3 amide bonds. The lowest BCUT2D eigenvalue weighted by atomic mass is 9.83. The molecule has 6 rings (SSSR count). The monoisotopic (exact) mass is 803 g/mol. The Balaban J connectivity index is 1.20. The van der Waals surface area contributed by atoms with Crippen LogP contribution in [0.3, 0.4) is 0 Å². The number of benzene rings is 4. The molecule has 12 heteroatoms. The summed E-state index contributed by atoms with van der Waals surface area (Å²) in [5.74, 6) is -0.499. The molecule has 2 unspecified atom stereocenters. The van der Waals surface area contributed by atoms with Gasteiger partial charge in [0.1, 0.15) is 10.7 Å². The summed E-state index contributed by atoms with van der Waals surface area (Å²) in [7, 11) is 3.02. The Labute approximate surface area is 341 Å². The number of methoxy groups -OCH3 is 2. The lowest BCUT2D eigenvalue weighted by Gasteiger charge is -2.23. The lowest BCUT2D eigenvalue weighted by molar-refractivity contribution is -0.116. The standard InChI is InChI=1S/C45H45N3O7S2/c1-5-37(43(51)48-44-39(45(52)55-6-2)34-24-23-30(26-38(34)57-44)28-15-9-7-10-16-28)56-33-21-14-20-32(27-33)46-42(50)35(47-41(49)29-17-11-8-12-18-29)25-31-19-13-22-36(53-3)40(31)54-4/h7-22,25,27,30,37H,5-6,23-24,26H2,1-4H3,(H,46,50)(H,47,49)(H,48,51)/b35-25+. The third kappa shape index (κ3) is 9.94. The molecule has 1 aliphatic rings. The minimum absolute atomic E-state index is 0.0228. The quantitative estimate of drug-likeness (QED) is 0.0543. The fourth-order valence-corrected chi connectivity index (χ4v) is 9.08. The van der Waals surface area contributed by atoms with Crippen LogP contribution in [0.2, 0.25) is 0 Å². The molecule has 10 nitrogen and oxygen atoms in total. The minimum atomic E-state index is -0.571. The lowest BCUT2D eigenvalue weighted by Crippen LogP contribution is -2.30. The van der Waals surface area contributed by atoms with Gasteiger partial charge in [-0.15, -0.1) is 23.1 Å². The normalized spacial score (nSPS) is 14.1. The van der Waals surface area contributed by atoms with E-state index in [9.17, 15) is 19.2 Å². The van der Waals surface area contributed by atoms with E-state index < -0.39 is 23.0 Å². The number of ether oxygens (including phenoxy) is 3. The van der Waals surface area contributed by atoms with Gasteiger partial charge in [-0.3, -0.25) is 14.4 Å². The number of carbonyl (C=O) groups is 4. The van der Waals surface area contributed by atoms with Crippen LogP contribution < -0.4 is 25.4 Å². The number of thioether (sulfide) groups is 1. The predicted octanol–water partition coefficient (Wildman–Crippen LogP) is 9.13. The van der Waals surface area contributed by atoms with Crippen molar-refractivity contribution in [3.05, 3.63) is 142 Å². The van der Waals surface area contributed by atoms with Gasteiger partial charge in [0.15, 0.2) is 11.5 Å². The zero-order chi connectivity index (χ0) is 40.3. The van der Waals surface area contributed by atoms with Gasteiger partial charge in [-0.2, -0.15) is 0 Å². The summed E-state index contributed by atoms with van der Waals surface area (Å²) < 4.78 is 16.5. The second kappa shape index (κ2) is 19.3. The number of thiophene rings is 1. The third-order valence-corrected chi connectivity index (χ3v) is 12.1. The zero-order valence-corrected chi connectivity index (χ0v) is 33.9. The molecule has 0 aliphatic heterocycles. The maximum atomic E-state index is 13.9. The molecule has 4 aromatic carbocycles. The number of hydrogen-bond donors (Lipinski definition) is 3. The van der Waals surface area contributed by atoms with Gasteiger partial charge >= 0.3 is 5.97 Å². The van der Waals surface area contributed by atoms with E-state index in [-0.39, 0.29) is 18.2 Å². The van der Waals surface area contributed by atoms with Gasteiger partial charge < -0.3 is 30.2 Å². The summed E-state index contributed by atoms with van der Waals surface area (Å²) >= 11 is 2.81. The number of amides is 3. The number of fused-ring (bicyclic) bond motifs is 1. The summed E-state index contributed by atoms with van der Waals surface area (Å²) in [4.78, 5) is 56.2. The van der Waals surface area contributed by atoms with E-state index in [2.05, 4.69) is 28.1 Å². The van der Waals surface area contributed by atoms with Crippen molar-refractivity contribution in [2.75, 3.05) is 31.5 Å². The number of esters is 1. The molecular weight excluding hydrogens is 759 g/mol. The highest BCUT2D eigenvalue weighted by Crippen LogP contribution is 2.43. The van der Waals surface area contributed by atoms with Gasteiger partial charge in [-0.25, -0.2) is 4.79 Å². The summed E-state index contributed by atoms with van der Waals surface area (Å²) in [5.41, 5.74) is 4.02. The first-order valence-electron chi connectivity index (χ1n) is 18.8. The topological polar surface area (TPSA) is 132 Å². The van der Waals surface area contributed by atoms with Crippen LogP contribution >= 0.6 is 23.1 Å². The number of hydrogen-bond acceptors (Lipinski definition) is 9. The number of rotatable bonds is 15. The van der Waals surface area contributed by atoms with Gasteiger partial charge in [-0.05, 0) is 92.1 Å². The first-order chi connectivity index (χ1) is 27.7. The Bertz CT molecular complexity index is 2260. The molecule has 5 aromatic rings. The van der Waals surface area contributed by atoms with Crippen molar-refractivity contribution in [1.82, 2.24) is 5.32 Å². The van der Waals surface area contributed by atoms with Crippen LogP contribution in [0.4, 0.5) is 10.7 Å². The van der Waals surface area contributed by atoms with Gasteiger partial charge in [0.2, 0.25) is 5.91 Å². The van der Waals surface area contributed by atoms with E-state index >= 15 is 0 Å². The van der Waals surface area contributed by atoms with Crippen molar-refractivity contribution in [3.8, 4) is 11.5 Å². The van der Waals surface area contributed by atoms with E-state index in [0.717, 1.165) is 34.6 Å². The first kappa shape index (κ1) is 40.8. The Morgan fingerprint density at radius 1 is 0.877 bits per heavy atom. The Morgan fingerprint density at radius 2 is 1.61 bits per heavy atom. The molecule has 1 heterocycles. The molecule has 0 bridgehead atoms. The molecule has 294 valence electrons. The van der Waals surface area contributed by atoms with Crippen LogP contribution in [0.15, 0.2) is 114 Å². The second-order valence-corrected chi connectivity index (χ2v) is 15.6. The van der Waals surface area contributed by atoms with Crippen molar-refractivity contribution < 1.29 is 33.4 Å². The van der Waals surface area contributed by atoms with E-state index in [4.69, 9.17) is 14.2 Å². The summed E-state index contributed by atoms with van der Waals surface area (Å²) in [6.45, 7) is 3.93. The van der Waals surface area contributed by atoms with Crippen LogP contribution in [0, 0.1) is 0 Å². The number of anilines is 2. The van der Waals surface area contributed by atoms with Gasteiger partial charge in [0, 0.05) is 26.6 Å². The zero-order valence-electron chi connectivity index (χ0n) is 32.3. The average molecular weight is 804 g/mol. The van der Waals surface area contributed by atoms with Crippen molar-refractivity contribution in [2.24, 2.45) is 0 Å². The highest BCUT2D eigenvalue weighted by Gasteiger charge is 2.32. The molecule has 1 aliphatic carbocycles. The fourth-order valence-electron chi connectivity index (χ4n) is 6.75. The van der Waals surface area contributed by atoms with Crippen LogP contribution in [-0.2, 0) is 27.2 Å². The van der Waals surface area contributed by atoms with Crippen molar-refractivity contribution in [3.63, 3.8) is 0 Å². The molecular formula is C45H45N3O7S2. The highest BCUT2D eigenvalue weighted by molar-refractivity contribution is 8.00. The molecule has 1 aromatic heterocycles. The maximum Gasteiger partial charge on any atom is 0.341 e. The molecule has 0 fully saturated rings. The van der Waals surface area contributed by atoms with Crippen LogP contribution in [-0.4, -0.2) is 49.8 Å². The van der Waals surface area contributed by atoms with Crippen molar-refractivity contribution in [2.45, 2.75) is 55.6 Å². The van der Waals surface area contributed by atoms with Crippen LogP contribution in [0.5, 0.6) is 11.5 Å². The molecule has 0 radical (unpaired) electrons. The Hall–Kier alpha value is -5.85. The molecule has 0 spiro atoms. The minimum Gasteiger partial charge on any atom is -0.493 e. The summed E-state index contributed by atoms with van der Waals surface area (Å²) in [5, 5.41) is 8.75. The number of para-hydroxylation sites is 1. The summed E-state index contributed by atoms with van der Waals surface area (Å²) in [6.07, 6.45) is 4.45. The number of nitrogens with one attached hydrogen (secondary N) is 3. The van der Waals surface area contributed by atoms with Gasteiger partial charge in [0.05, 0.1) is 31.6 Å². The third-order valence-electron chi connectivity index (χ3n) is 9.55. The molecule has 3 N–H and O–H groups in total. The molecule has 2 atom stereocenters. The average Bonchev–Trinajstić information content (AvgIpc) is 3.60. The van der Waals surface area contributed by atoms with Crippen molar-refractivity contribution in [1.29, 1.82) is 0 Å². The van der Waals surface area contributed by atoms with E-state index in [1.54, 1.807) is 73.7 Å². The molecule has 0 saturated carbocycles. The number of carbonyl (C=O) groups excluding carboxylic acids is 4. The smallest absolute Gasteiger partial charge is 0.341 e. The van der Waals surface area contributed by atoms with E-state index in [1.807, 2.05) is 31.2 Å². The van der Waals surface area contributed by atoms with Crippen molar-refractivity contribution >= 4 is 63.6 Å². The molecule has 57 heavy (non-hydrogen) atoms. The fraction of sp³-hybridized carbons (Fsp3) is 0.244. The predicted molar refractivity (Wildman–Crippen MR) is 227 cm³/mol. The SMILES string of the molecule is CCOC(=O)c1c(NC(=O)C(CC)Sc2cccc(NC(=O)/C(=C\c3cccc(OC)c3OC)NC(=O)c3ccccc3)c2)sc2c1CCC(c1ccccc1)C2. The van der Waals surface area contributed by atoms with Crippen LogP contribution in [0.25, 0.3) is 6.08 Å². The second-order valence-electron chi connectivity index (χ2n) is 13.2. The largest absolute Gasteiger partial charge is 0.493 e. The van der Waals surface area contributed by atoms with Gasteiger partial charge in [0.25, 0.3) is 11.8 Å². The van der Waals surface area contributed by atoms with Gasteiger partial charge in [-0.1, -0.05) is 73.7 Å². The summed E-state index contributed by atoms with van der Waals surface area (Å²) in [6, 6.07) is 31.4. The Morgan fingerprint density at radius 3 is 2.32 bits per heavy atom. The van der Waals surface area contributed by atoms with E-state index in [1.165, 1.54) is 49.0 Å². The maximum absolute atomic E-state index is 13.9. The highest BCUT2D eigenvalue weighted by atomic mass is 32.2. The van der Waals surface area contributed by atoms with E-state index in [0.29, 0.717) is 51.2 Å².